The normalized spacial score (nSPS) is 17.8. The molecule has 0 aliphatic carbocycles. The SMILES string of the molecule is Cc1ccc(-n2ncc(N3CCOC(CN(C)C)C3)c(Cl)c2=O)cc1Cl. The molecule has 1 aliphatic heterocycles. The highest BCUT2D eigenvalue weighted by Crippen LogP contribution is 2.25. The lowest BCUT2D eigenvalue weighted by molar-refractivity contribution is 0.0247. The molecule has 1 aromatic heterocycles. The van der Waals surface area contributed by atoms with E-state index in [2.05, 4.69) is 14.9 Å². The first kappa shape index (κ1) is 19.2. The van der Waals surface area contributed by atoms with Crippen LogP contribution in [0, 0.1) is 6.92 Å². The number of likely N-dealkylation sites (N-methyl/N-ethyl adjacent to an activating group) is 1. The molecule has 6 nitrogen and oxygen atoms in total. The molecule has 1 unspecified atom stereocenters. The third kappa shape index (κ3) is 4.04. The Bertz CT molecular complexity index is 854. The van der Waals surface area contributed by atoms with Crippen LogP contribution in [0.1, 0.15) is 5.56 Å². The molecule has 140 valence electrons. The maximum atomic E-state index is 12.7. The fourth-order valence-electron chi connectivity index (χ4n) is 3.00. The summed E-state index contributed by atoms with van der Waals surface area (Å²) in [5, 5.41) is 5.04. The van der Waals surface area contributed by atoms with Gasteiger partial charge in [-0.2, -0.15) is 9.78 Å². The van der Waals surface area contributed by atoms with Gasteiger partial charge in [-0.3, -0.25) is 4.79 Å². The van der Waals surface area contributed by atoms with Gasteiger partial charge < -0.3 is 14.5 Å². The lowest BCUT2D eigenvalue weighted by Crippen LogP contribution is -2.47. The first-order chi connectivity index (χ1) is 12.4. The number of hydrogen-bond donors (Lipinski definition) is 0. The number of anilines is 1. The number of halogens is 2. The highest BCUT2D eigenvalue weighted by molar-refractivity contribution is 6.33. The molecule has 3 rings (SSSR count). The van der Waals surface area contributed by atoms with E-state index in [-0.39, 0.29) is 16.7 Å². The zero-order valence-electron chi connectivity index (χ0n) is 15.1. The molecule has 0 spiro atoms. The number of aromatic nitrogens is 2. The fourth-order valence-corrected chi connectivity index (χ4v) is 3.42. The second kappa shape index (κ2) is 7.96. The predicted molar refractivity (Wildman–Crippen MR) is 105 cm³/mol. The number of hydrogen-bond acceptors (Lipinski definition) is 5. The molecule has 1 aromatic carbocycles. The molecule has 1 atom stereocenters. The van der Waals surface area contributed by atoms with E-state index in [1.165, 1.54) is 4.68 Å². The molecule has 0 saturated carbocycles. The van der Waals surface area contributed by atoms with E-state index in [0.29, 0.717) is 36.1 Å². The molecule has 0 amide bonds. The van der Waals surface area contributed by atoms with E-state index in [1.807, 2.05) is 27.1 Å². The van der Waals surface area contributed by atoms with Crippen LogP contribution in [0.3, 0.4) is 0 Å². The number of ether oxygens (including phenoxy) is 1. The van der Waals surface area contributed by atoms with Crippen LogP contribution < -0.4 is 10.5 Å². The molecule has 2 aromatic rings. The maximum absolute atomic E-state index is 12.7. The van der Waals surface area contributed by atoms with Crippen LogP contribution in [0.15, 0.2) is 29.2 Å². The van der Waals surface area contributed by atoms with Crippen molar-refractivity contribution < 1.29 is 4.74 Å². The van der Waals surface area contributed by atoms with E-state index in [1.54, 1.807) is 18.3 Å². The molecule has 1 aliphatic rings. The van der Waals surface area contributed by atoms with Crippen molar-refractivity contribution in [2.75, 3.05) is 45.2 Å². The summed E-state index contributed by atoms with van der Waals surface area (Å²) in [4.78, 5) is 16.9. The fraction of sp³-hybridized carbons (Fsp3) is 0.444. The Morgan fingerprint density at radius 1 is 1.35 bits per heavy atom. The van der Waals surface area contributed by atoms with Gasteiger partial charge in [0.05, 0.1) is 30.3 Å². The van der Waals surface area contributed by atoms with Crippen LogP contribution in [0.25, 0.3) is 5.69 Å². The second-order valence-corrected chi connectivity index (χ2v) is 7.48. The van der Waals surface area contributed by atoms with Gasteiger partial charge in [-0.15, -0.1) is 0 Å². The quantitative estimate of drug-likeness (QED) is 0.794. The summed E-state index contributed by atoms with van der Waals surface area (Å²) < 4.78 is 7.06. The lowest BCUT2D eigenvalue weighted by Gasteiger charge is -2.35. The van der Waals surface area contributed by atoms with Gasteiger partial charge in [0.25, 0.3) is 5.56 Å². The topological polar surface area (TPSA) is 50.6 Å². The van der Waals surface area contributed by atoms with Crippen molar-refractivity contribution in [2.24, 2.45) is 0 Å². The van der Waals surface area contributed by atoms with E-state index >= 15 is 0 Å². The Morgan fingerprint density at radius 2 is 2.12 bits per heavy atom. The summed E-state index contributed by atoms with van der Waals surface area (Å²) in [7, 11) is 4.01. The zero-order chi connectivity index (χ0) is 18.8. The van der Waals surface area contributed by atoms with E-state index in [0.717, 1.165) is 12.1 Å². The van der Waals surface area contributed by atoms with Gasteiger partial charge in [0.2, 0.25) is 0 Å². The van der Waals surface area contributed by atoms with Crippen molar-refractivity contribution in [2.45, 2.75) is 13.0 Å². The van der Waals surface area contributed by atoms with Crippen molar-refractivity contribution in [3.8, 4) is 5.69 Å². The van der Waals surface area contributed by atoms with Gasteiger partial charge in [0.15, 0.2) is 0 Å². The van der Waals surface area contributed by atoms with Crippen molar-refractivity contribution in [1.29, 1.82) is 0 Å². The summed E-state index contributed by atoms with van der Waals surface area (Å²) in [6.45, 7) is 4.64. The highest BCUT2D eigenvalue weighted by atomic mass is 35.5. The largest absolute Gasteiger partial charge is 0.373 e. The van der Waals surface area contributed by atoms with Crippen LogP contribution >= 0.6 is 23.2 Å². The first-order valence-electron chi connectivity index (χ1n) is 8.42. The average Bonchev–Trinajstić information content (AvgIpc) is 2.59. The Morgan fingerprint density at radius 3 is 2.81 bits per heavy atom. The van der Waals surface area contributed by atoms with Gasteiger partial charge in [-0.25, -0.2) is 0 Å². The molecular formula is C18H22Cl2N4O2. The summed E-state index contributed by atoms with van der Waals surface area (Å²) in [6, 6.07) is 5.36. The van der Waals surface area contributed by atoms with Crippen LogP contribution in [-0.4, -0.2) is 61.1 Å². The zero-order valence-corrected chi connectivity index (χ0v) is 16.6. The van der Waals surface area contributed by atoms with Crippen LogP contribution in [-0.2, 0) is 4.74 Å². The van der Waals surface area contributed by atoms with Crippen LogP contribution in [0.4, 0.5) is 5.69 Å². The van der Waals surface area contributed by atoms with Gasteiger partial charge in [0, 0.05) is 24.7 Å². The minimum atomic E-state index is -0.361. The number of rotatable bonds is 4. The first-order valence-corrected chi connectivity index (χ1v) is 9.18. The minimum absolute atomic E-state index is 0.0631. The highest BCUT2D eigenvalue weighted by Gasteiger charge is 2.24. The van der Waals surface area contributed by atoms with Gasteiger partial charge in [-0.05, 0) is 38.7 Å². The Kier molecular flexibility index (Phi) is 5.87. The molecule has 0 bridgehead atoms. The third-order valence-electron chi connectivity index (χ3n) is 4.35. The van der Waals surface area contributed by atoms with Crippen LogP contribution in [0.5, 0.6) is 0 Å². The molecule has 8 heteroatoms. The van der Waals surface area contributed by atoms with Gasteiger partial charge in [-0.1, -0.05) is 29.3 Å². The Hall–Kier alpha value is -1.60. The molecular weight excluding hydrogens is 375 g/mol. The molecule has 0 N–H and O–H groups in total. The average molecular weight is 397 g/mol. The smallest absolute Gasteiger partial charge is 0.292 e. The summed E-state index contributed by atoms with van der Waals surface area (Å²) in [5.74, 6) is 0. The number of aryl methyl sites for hydroxylation is 1. The molecule has 26 heavy (non-hydrogen) atoms. The number of morpholine rings is 1. The molecule has 1 saturated heterocycles. The maximum Gasteiger partial charge on any atom is 0.292 e. The molecule has 2 heterocycles. The standard InChI is InChI=1S/C18H22Cl2N4O2/c1-12-4-5-13(8-15(12)19)24-18(25)17(20)16(9-21-24)23-6-7-26-14(11-23)10-22(2)3/h4-5,8-9,14H,6-7,10-11H2,1-3H3. The molecule has 1 fully saturated rings. The summed E-state index contributed by atoms with van der Waals surface area (Å²) in [6.07, 6.45) is 1.70. The summed E-state index contributed by atoms with van der Waals surface area (Å²) in [5.41, 5.74) is 1.80. The van der Waals surface area contributed by atoms with E-state index in [4.69, 9.17) is 27.9 Å². The van der Waals surface area contributed by atoms with Crippen molar-refractivity contribution in [3.05, 3.63) is 50.4 Å². The van der Waals surface area contributed by atoms with Crippen molar-refractivity contribution >= 4 is 28.9 Å². The van der Waals surface area contributed by atoms with Gasteiger partial charge in [0.1, 0.15) is 5.02 Å². The lowest BCUT2D eigenvalue weighted by atomic mass is 10.2. The van der Waals surface area contributed by atoms with Gasteiger partial charge >= 0.3 is 0 Å². The number of benzene rings is 1. The second-order valence-electron chi connectivity index (χ2n) is 6.70. The van der Waals surface area contributed by atoms with Crippen molar-refractivity contribution in [1.82, 2.24) is 14.7 Å². The minimum Gasteiger partial charge on any atom is -0.373 e. The van der Waals surface area contributed by atoms with Crippen molar-refractivity contribution in [3.63, 3.8) is 0 Å². The van der Waals surface area contributed by atoms with E-state index in [9.17, 15) is 4.79 Å². The van der Waals surface area contributed by atoms with Crippen LogP contribution in [0.2, 0.25) is 10.0 Å². The predicted octanol–water partition coefficient (Wildman–Crippen LogP) is 2.61. The molecule has 0 radical (unpaired) electrons. The Balaban J connectivity index is 1.90. The third-order valence-corrected chi connectivity index (χ3v) is 5.11. The monoisotopic (exact) mass is 396 g/mol. The number of nitrogens with zero attached hydrogens (tertiary/aromatic N) is 4. The Labute approximate surface area is 162 Å². The summed E-state index contributed by atoms with van der Waals surface area (Å²) >= 11 is 12.6. The van der Waals surface area contributed by atoms with E-state index < -0.39 is 0 Å².